The van der Waals surface area contributed by atoms with Crippen molar-refractivity contribution in [3.05, 3.63) is 83.5 Å². The minimum absolute atomic E-state index is 0.386. The lowest BCUT2D eigenvalue weighted by Gasteiger charge is -2.32. The standard InChI is InChI=1S/C19H30N2.C17H26N2/c1-14(2)12-17-8-7-9-18(13-15(3)4)19(17)21-11-10-20(6)16(21)5;1-12(2)15-8-7-9-16(13(3)4)17(15)19-11-10-18(6)14(19)5/h7-11,14-16H,12-13H2,1-6H3;7-14H,1-6H3. The molecule has 2 aromatic rings. The van der Waals surface area contributed by atoms with Crippen LogP contribution in [0.1, 0.15) is 103 Å². The fraction of sp³-hybridized carbons (Fsp3) is 0.556. The van der Waals surface area contributed by atoms with E-state index in [4.69, 9.17) is 0 Å². The zero-order valence-corrected chi connectivity index (χ0v) is 27.4. The summed E-state index contributed by atoms with van der Waals surface area (Å²) in [5, 5.41) is 0. The first-order chi connectivity index (χ1) is 18.8. The fourth-order valence-electron chi connectivity index (χ4n) is 5.76. The van der Waals surface area contributed by atoms with Gasteiger partial charge in [0.15, 0.2) is 0 Å². The Balaban J connectivity index is 0.000000222. The van der Waals surface area contributed by atoms with Crippen LogP contribution in [0.4, 0.5) is 11.4 Å². The number of benzene rings is 2. The third-order valence-electron chi connectivity index (χ3n) is 8.23. The van der Waals surface area contributed by atoms with Crippen molar-refractivity contribution in [1.29, 1.82) is 0 Å². The van der Waals surface area contributed by atoms with Crippen molar-refractivity contribution in [3.63, 3.8) is 0 Å². The number of hydrogen-bond acceptors (Lipinski definition) is 4. The molecule has 40 heavy (non-hydrogen) atoms. The second-order valence-corrected chi connectivity index (χ2v) is 13.2. The van der Waals surface area contributed by atoms with Crippen LogP contribution in [-0.4, -0.2) is 36.2 Å². The zero-order chi connectivity index (χ0) is 29.7. The normalized spacial score (nSPS) is 18.7. The average molecular weight is 545 g/mol. The van der Waals surface area contributed by atoms with Crippen LogP contribution in [0, 0.1) is 11.8 Å². The van der Waals surface area contributed by atoms with Gasteiger partial charge in [-0.15, -0.1) is 0 Å². The van der Waals surface area contributed by atoms with E-state index in [0.29, 0.717) is 36.0 Å². The number of hydrogen-bond donors (Lipinski definition) is 0. The molecule has 0 aromatic heterocycles. The third kappa shape index (κ3) is 7.25. The Morgan fingerprint density at radius 2 is 0.925 bits per heavy atom. The predicted octanol–water partition coefficient (Wildman–Crippen LogP) is 9.16. The molecule has 220 valence electrons. The molecule has 0 saturated carbocycles. The summed E-state index contributed by atoms with van der Waals surface area (Å²) < 4.78 is 0. The third-order valence-corrected chi connectivity index (χ3v) is 8.23. The van der Waals surface area contributed by atoms with Crippen molar-refractivity contribution in [2.24, 2.45) is 11.8 Å². The minimum atomic E-state index is 0.386. The summed E-state index contributed by atoms with van der Waals surface area (Å²) >= 11 is 0. The molecule has 0 bridgehead atoms. The summed E-state index contributed by atoms with van der Waals surface area (Å²) in [5.41, 5.74) is 8.69. The molecule has 4 nitrogen and oxygen atoms in total. The lowest BCUT2D eigenvalue weighted by molar-refractivity contribution is 0.382. The van der Waals surface area contributed by atoms with Crippen LogP contribution in [0.15, 0.2) is 61.2 Å². The molecule has 0 radical (unpaired) electrons. The summed E-state index contributed by atoms with van der Waals surface area (Å²) in [4.78, 5) is 9.37. The van der Waals surface area contributed by atoms with Crippen molar-refractivity contribution >= 4 is 11.4 Å². The Bertz CT molecular complexity index is 1100. The molecule has 2 unspecified atom stereocenters. The maximum atomic E-state index is 2.44. The smallest absolute Gasteiger partial charge is 0.102 e. The number of rotatable bonds is 8. The fourth-order valence-corrected chi connectivity index (χ4v) is 5.76. The van der Waals surface area contributed by atoms with E-state index in [9.17, 15) is 0 Å². The van der Waals surface area contributed by atoms with Crippen molar-refractivity contribution in [1.82, 2.24) is 9.80 Å². The van der Waals surface area contributed by atoms with Crippen LogP contribution in [0.3, 0.4) is 0 Å². The average Bonchev–Trinajstić information content (AvgIpc) is 3.38. The zero-order valence-electron chi connectivity index (χ0n) is 27.4. The van der Waals surface area contributed by atoms with E-state index in [1.54, 1.807) is 0 Å². The van der Waals surface area contributed by atoms with Crippen LogP contribution in [0.2, 0.25) is 0 Å². The van der Waals surface area contributed by atoms with Crippen molar-refractivity contribution in [3.8, 4) is 0 Å². The molecular weight excluding hydrogens is 488 g/mol. The Morgan fingerprint density at radius 1 is 0.550 bits per heavy atom. The highest BCUT2D eigenvalue weighted by atomic mass is 15.4. The van der Waals surface area contributed by atoms with E-state index >= 15 is 0 Å². The highest BCUT2D eigenvalue weighted by molar-refractivity contribution is 5.65. The first-order valence-electron chi connectivity index (χ1n) is 15.4. The quantitative estimate of drug-likeness (QED) is 0.328. The largest absolute Gasteiger partial charge is 0.359 e. The molecule has 2 aromatic carbocycles. The van der Waals surface area contributed by atoms with Gasteiger partial charge < -0.3 is 19.6 Å². The summed E-state index contributed by atoms with van der Waals surface area (Å²) in [6.07, 6.45) is 11.8. The molecule has 0 amide bonds. The van der Waals surface area contributed by atoms with E-state index in [-0.39, 0.29) is 0 Å². The van der Waals surface area contributed by atoms with Crippen LogP contribution in [0.5, 0.6) is 0 Å². The van der Waals surface area contributed by atoms with Crippen molar-refractivity contribution in [2.75, 3.05) is 23.9 Å². The van der Waals surface area contributed by atoms with E-state index < -0.39 is 0 Å². The molecule has 0 aliphatic carbocycles. The van der Waals surface area contributed by atoms with Gasteiger partial charge >= 0.3 is 0 Å². The lowest BCUT2D eigenvalue weighted by Crippen LogP contribution is -2.34. The minimum Gasteiger partial charge on any atom is -0.359 e. The van der Waals surface area contributed by atoms with E-state index in [2.05, 4.69) is 164 Å². The molecule has 0 saturated heterocycles. The molecule has 0 spiro atoms. The van der Waals surface area contributed by atoms with Crippen LogP contribution in [0.25, 0.3) is 0 Å². The van der Waals surface area contributed by atoms with Gasteiger partial charge in [0.05, 0.1) is 0 Å². The maximum Gasteiger partial charge on any atom is 0.102 e. The van der Waals surface area contributed by atoms with Crippen molar-refractivity contribution < 1.29 is 0 Å². The Labute approximate surface area is 246 Å². The summed E-state index contributed by atoms with van der Waals surface area (Å²) in [5.74, 6) is 2.44. The monoisotopic (exact) mass is 544 g/mol. The van der Waals surface area contributed by atoms with Crippen LogP contribution < -0.4 is 9.80 Å². The summed E-state index contributed by atoms with van der Waals surface area (Å²) in [6.45, 7) is 22.8. The van der Waals surface area contributed by atoms with Gasteiger partial charge in [-0.25, -0.2) is 0 Å². The first-order valence-corrected chi connectivity index (χ1v) is 15.4. The number of para-hydroxylation sites is 2. The number of anilines is 2. The SMILES string of the molecule is CC(C)Cc1cccc(CC(C)C)c1N1C=CN(C)C1C.CC(C)c1cccc(C(C)C)c1N1C=CN(C)C1C. The molecule has 2 heterocycles. The van der Waals surface area contributed by atoms with Gasteiger partial charge in [0, 0.05) is 50.3 Å². The van der Waals surface area contributed by atoms with Crippen molar-refractivity contribution in [2.45, 2.75) is 106 Å². The molecule has 0 fully saturated rings. The topological polar surface area (TPSA) is 13.0 Å². The molecule has 0 N–H and O–H groups in total. The summed E-state index contributed by atoms with van der Waals surface area (Å²) in [6, 6.07) is 13.6. The number of nitrogens with zero attached hydrogens (tertiary/aromatic N) is 4. The molecule has 4 heteroatoms. The van der Waals surface area contributed by atoms with Gasteiger partial charge in [-0.2, -0.15) is 0 Å². The molecule has 4 rings (SSSR count). The van der Waals surface area contributed by atoms with E-state index in [1.807, 2.05) is 0 Å². The predicted molar refractivity (Wildman–Crippen MR) is 176 cm³/mol. The van der Waals surface area contributed by atoms with Gasteiger partial charge in [0.1, 0.15) is 12.3 Å². The highest BCUT2D eigenvalue weighted by Crippen LogP contribution is 2.38. The second-order valence-electron chi connectivity index (χ2n) is 13.2. The highest BCUT2D eigenvalue weighted by Gasteiger charge is 2.27. The molecule has 2 atom stereocenters. The lowest BCUT2D eigenvalue weighted by atomic mass is 9.92. The molecule has 2 aliphatic rings. The van der Waals surface area contributed by atoms with Gasteiger partial charge in [0.25, 0.3) is 0 Å². The molecule has 2 aliphatic heterocycles. The first kappa shape index (κ1) is 31.6. The Morgan fingerprint density at radius 3 is 1.25 bits per heavy atom. The summed E-state index contributed by atoms with van der Waals surface area (Å²) in [7, 11) is 4.28. The van der Waals surface area contributed by atoms with Gasteiger partial charge in [0.2, 0.25) is 0 Å². The maximum absolute atomic E-state index is 2.44. The van der Waals surface area contributed by atoms with E-state index in [1.165, 1.54) is 33.6 Å². The Kier molecular flexibility index (Phi) is 10.8. The van der Waals surface area contributed by atoms with Crippen LogP contribution >= 0.6 is 0 Å². The van der Waals surface area contributed by atoms with E-state index in [0.717, 1.165) is 12.8 Å². The van der Waals surface area contributed by atoms with Crippen LogP contribution in [-0.2, 0) is 12.8 Å². The Hall–Kier alpha value is -2.88. The van der Waals surface area contributed by atoms with Gasteiger partial charge in [-0.05, 0) is 72.6 Å². The molecular formula is C36H56N4. The van der Waals surface area contributed by atoms with Gasteiger partial charge in [-0.1, -0.05) is 91.8 Å². The second kappa shape index (κ2) is 13.7. The van der Waals surface area contributed by atoms with Gasteiger partial charge in [-0.3, -0.25) is 0 Å².